The summed E-state index contributed by atoms with van der Waals surface area (Å²) in [7, 11) is 0. The fourth-order valence-electron chi connectivity index (χ4n) is 4.29. The van der Waals surface area contributed by atoms with Gasteiger partial charge in [-0.3, -0.25) is 0 Å². The topological polar surface area (TPSA) is 102 Å². The predicted octanol–water partition coefficient (Wildman–Crippen LogP) is 2.79. The third-order valence-corrected chi connectivity index (χ3v) is 8.20. The maximum absolute atomic E-state index is 15.4. The molecule has 160 valence electrons. The first-order valence-electron chi connectivity index (χ1n) is 9.25. The number of hydrogen-bond donors (Lipinski definition) is 1. The second kappa shape index (κ2) is 8.23. The molecular weight excluding hydrogens is 444 g/mol. The summed E-state index contributed by atoms with van der Waals surface area (Å²) < 4.78 is 38.4. The zero-order chi connectivity index (χ0) is 21.6. The van der Waals surface area contributed by atoms with Crippen molar-refractivity contribution in [3.05, 3.63) is 33.8 Å². The number of ether oxygens (including phenoxy) is 2. The quantitative estimate of drug-likeness (QED) is 0.490. The first kappa shape index (κ1) is 22.6. The average Bonchev–Trinajstić information content (AvgIpc) is 3.13. The third kappa shape index (κ3) is 3.63. The lowest BCUT2D eigenvalue weighted by molar-refractivity contribution is -0.156. The van der Waals surface area contributed by atoms with Crippen LogP contribution in [-0.4, -0.2) is 46.2 Å². The second-order valence-electron chi connectivity index (χ2n) is 7.22. The number of fused-ring (bicyclic) bond motifs is 1. The van der Waals surface area contributed by atoms with E-state index in [1.807, 2.05) is 0 Å². The van der Waals surface area contributed by atoms with Crippen LogP contribution in [0.15, 0.2) is 18.2 Å². The largest absolute Gasteiger partial charge is 0.616 e. The van der Waals surface area contributed by atoms with Crippen LogP contribution < -0.4 is 5.73 Å². The molecule has 0 heterocycles. The van der Waals surface area contributed by atoms with E-state index in [0.717, 1.165) is 0 Å². The van der Waals surface area contributed by atoms with E-state index in [4.69, 9.17) is 38.4 Å². The molecule has 6 atom stereocenters. The molecular formula is C19H22Cl2FNO5S. The van der Waals surface area contributed by atoms with Gasteiger partial charge in [0.25, 0.3) is 0 Å². The van der Waals surface area contributed by atoms with Gasteiger partial charge in [-0.15, -0.1) is 0 Å². The van der Waals surface area contributed by atoms with Crippen molar-refractivity contribution in [2.75, 3.05) is 13.2 Å². The maximum atomic E-state index is 15.4. The number of halogens is 3. The fourth-order valence-corrected chi connectivity index (χ4v) is 6.42. The summed E-state index contributed by atoms with van der Waals surface area (Å²) in [4.78, 5) is 24.8. The van der Waals surface area contributed by atoms with Crippen LogP contribution in [0.2, 0.25) is 10.0 Å². The highest BCUT2D eigenvalue weighted by molar-refractivity contribution is 7.91. The normalized spacial score (nSPS) is 33.7. The zero-order valence-electron chi connectivity index (χ0n) is 16.0. The van der Waals surface area contributed by atoms with Crippen LogP contribution in [0.5, 0.6) is 0 Å². The van der Waals surface area contributed by atoms with Gasteiger partial charge < -0.3 is 19.8 Å². The molecule has 29 heavy (non-hydrogen) atoms. The molecule has 1 aromatic rings. The zero-order valence-corrected chi connectivity index (χ0v) is 18.3. The van der Waals surface area contributed by atoms with Crippen molar-refractivity contribution < 1.29 is 28.0 Å². The predicted molar refractivity (Wildman–Crippen MR) is 108 cm³/mol. The lowest BCUT2D eigenvalue weighted by Gasteiger charge is -2.34. The number of benzene rings is 1. The monoisotopic (exact) mass is 465 g/mol. The number of rotatable bonds is 7. The lowest BCUT2D eigenvalue weighted by Crippen LogP contribution is -2.62. The van der Waals surface area contributed by atoms with Gasteiger partial charge in [0.15, 0.2) is 5.54 Å². The Morgan fingerprint density at radius 2 is 1.86 bits per heavy atom. The van der Waals surface area contributed by atoms with E-state index in [1.165, 1.54) is 0 Å². The van der Waals surface area contributed by atoms with Crippen LogP contribution in [0.25, 0.3) is 0 Å². The van der Waals surface area contributed by atoms with E-state index < -0.39 is 51.4 Å². The van der Waals surface area contributed by atoms with Crippen molar-refractivity contribution in [3.8, 4) is 0 Å². The summed E-state index contributed by atoms with van der Waals surface area (Å²) in [6.07, 6.45) is 0.0171. The SMILES string of the molecule is CCOC(=O)[C@@]1(N)[C@H]2[C@@H](C[C@H]1[S+]([O-])Cc1ccc(Cl)c(Cl)c1)[C@]2(F)C(=O)OCC. The fraction of sp³-hybridized carbons (Fsp3) is 0.579. The summed E-state index contributed by atoms with van der Waals surface area (Å²) in [5.41, 5.74) is 2.77. The number of carbonyl (C=O) groups is 2. The molecule has 6 nitrogen and oxygen atoms in total. The Morgan fingerprint density at radius 3 is 2.45 bits per heavy atom. The van der Waals surface area contributed by atoms with Gasteiger partial charge in [-0.25, -0.2) is 14.0 Å². The molecule has 0 amide bonds. The molecule has 0 aromatic heterocycles. The van der Waals surface area contributed by atoms with Crippen LogP contribution >= 0.6 is 23.2 Å². The molecule has 2 aliphatic carbocycles. The summed E-state index contributed by atoms with van der Waals surface area (Å²) in [5, 5.41) is -0.200. The smallest absolute Gasteiger partial charge is 0.344 e. The van der Waals surface area contributed by atoms with E-state index in [2.05, 4.69) is 0 Å². The Labute approximate surface area is 181 Å². The van der Waals surface area contributed by atoms with E-state index in [9.17, 15) is 14.1 Å². The molecule has 0 bridgehead atoms. The first-order chi connectivity index (χ1) is 13.6. The molecule has 2 saturated carbocycles. The van der Waals surface area contributed by atoms with Crippen molar-refractivity contribution in [2.24, 2.45) is 17.6 Å². The van der Waals surface area contributed by atoms with Gasteiger partial charge in [0.1, 0.15) is 11.0 Å². The van der Waals surface area contributed by atoms with E-state index >= 15 is 4.39 Å². The van der Waals surface area contributed by atoms with Crippen molar-refractivity contribution in [1.82, 2.24) is 0 Å². The highest BCUT2D eigenvalue weighted by Gasteiger charge is 2.87. The molecule has 1 unspecified atom stereocenters. The Hall–Kier alpha value is -1.06. The van der Waals surface area contributed by atoms with Gasteiger partial charge in [0.05, 0.1) is 23.3 Å². The van der Waals surface area contributed by atoms with Crippen LogP contribution in [0.3, 0.4) is 0 Å². The highest BCUT2D eigenvalue weighted by Crippen LogP contribution is 2.68. The van der Waals surface area contributed by atoms with Gasteiger partial charge in [0, 0.05) is 23.8 Å². The van der Waals surface area contributed by atoms with Crippen LogP contribution in [0.1, 0.15) is 25.8 Å². The molecule has 0 saturated heterocycles. The second-order valence-corrected chi connectivity index (χ2v) is 9.66. The molecule has 1 aromatic carbocycles. The standard InChI is InChI=1S/C19H22Cl2FNO5S/c1-3-27-16(24)18(22)11-8-14(19(23,15(11)18)17(25)28-4-2)29(26)9-10-5-6-12(20)13(21)7-10/h5-7,11,14-15H,3-4,8-9,23H2,1-2H3/t11-,14-,15+,18-,19+,29?/m1/s1. The minimum atomic E-state index is -2.36. The summed E-state index contributed by atoms with van der Waals surface area (Å²) >= 11 is 10.3. The van der Waals surface area contributed by atoms with Crippen molar-refractivity contribution in [1.29, 1.82) is 0 Å². The number of carbonyl (C=O) groups excluding carboxylic acids is 2. The molecule has 2 fully saturated rings. The minimum absolute atomic E-state index is 0.00755. The van der Waals surface area contributed by atoms with Crippen LogP contribution in [-0.2, 0) is 36.0 Å². The van der Waals surface area contributed by atoms with E-state index in [-0.39, 0.29) is 25.4 Å². The number of nitrogens with two attached hydrogens (primary N) is 1. The first-order valence-corrected chi connectivity index (χ1v) is 11.4. The molecule has 3 rings (SSSR count). The average molecular weight is 466 g/mol. The van der Waals surface area contributed by atoms with E-state index in [1.54, 1.807) is 32.0 Å². The lowest BCUT2D eigenvalue weighted by atomic mass is 9.90. The van der Waals surface area contributed by atoms with E-state index in [0.29, 0.717) is 15.6 Å². The van der Waals surface area contributed by atoms with Crippen molar-refractivity contribution in [2.45, 2.75) is 42.5 Å². The van der Waals surface area contributed by atoms with Crippen LogP contribution in [0.4, 0.5) is 4.39 Å². The number of alkyl halides is 1. The Bertz CT molecular complexity index is 830. The van der Waals surface area contributed by atoms with Gasteiger partial charge in [0.2, 0.25) is 5.67 Å². The Morgan fingerprint density at radius 1 is 1.24 bits per heavy atom. The minimum Gasteiger partial charge on any atom is -0.616 e. The van der Waals surface area contributed by atoms with Crippen molar-refractivity contribution in [3.63, 3.8) is 0 Å². The van der Waals surface area contributed by atoms with Gasteiger partial charge in [-0.2, -0.15) is 0 Å². The molecule has 2 N–H and O–H groups in total. The molecule has 2 aliphatic rings. The van der Waals surface area contributed by atoms with Gasteiger partial charge in [-0.05, 0) is 37.2 Å². The number of esters is 2. The number of hydrogen-bond acceptors (Lipinski definition) is 6. The summed E-state index contributed by atoms with van der Waals surface area (Å²) in [5.74, 6) is -3.81. The Balaban J connectivity index is 1.86. The highest BCUT2D eigenvalue weighted by atomic mass is 35.5. The van der Waals surface area contributed by atoms with Gasteiger partial charge in [-0.1, -0.05) is 29.3 Å². The van der Waals surface area contributed by atoms with Crippen LogP contribution in [0, 0.1) is 11.8 Å². The third-order valence-electron chi connectivity index (χ3n) is 5.63. The Kier molecular flexibility index (Phi) is 6.42. The molecule has 0 spiro atoms. The van der Waals surface area contributed by atoms with Gasteiger partial charge >= 0.3 is 11.9 Å². The molecule has 10 heteroatoms. The molecule has 0 radical (unpaired) electrons. The summed E-state index contributed by atoms with van der Waals surface area (Å²) in [6.45, 7) is 3.19. The van der Waals surface area contributed by atoms with Crippen molar-refractivity contribution >= 4 is 46.3 Å². The summed E-state index contributed by atoms with van der Waals surface area (Å²) in [6, 6.07) is 4.83. The maximum Gasteiger partial charge on any atom is 0.344 e. The molecule has 0 aliphatic heterocycles.